The molecule has 102 valence electrons. The predicted molar refractivity (Wildman–Crippen MR) is 70.1 cm³/mol. The summed E-state index contributed by atoms with van der Waals surface area (Å²) in [5, 5.41) is 0. The van der Waals surface area contributed by atoms with Crippen molar-refractivity contribution in [2.24, 2.45) is 5.73 Å². The van der Waals surface area contributed by atoms with E-state index in [-0.39, 0.29) is 17.9 Å². The van der Waals surface area contributed by atoms with E-state index in [0.29, 0.717) is 32.9 Å². The molecular weight excluding hydrogens is 244 g/mol. The molecule has 0 radical (unpaired) electrons. The van der Waals surface area contributed by atoms with E-state index < -0.39 is 0 Å². The Kier molecular flexibility index (Phi) is 3.40. The molecule has 1 fully saturated rings. The topological polar surface area (TPSA) is 64.8 Å². The smallest absolute Gasteiger partial charge is 0.234 e. The fourth-order valence-electron chi connectivity index (χ4n) is 2.71. The van der Waals surface area contributed by atoms with Crippen LogP contribution in [0.2, 0.25) is 0 Å². The molecule has 0 spiro atoms. The number of rotatable bonds is 2. The summed E-state index contributed by atoms with van der Waals surface area (Å²) < 4.78 is 11.0. The van der Waals surface area contributed by atoms with Crippen LogP contribution in [0.25, 0.3) is 0 Å². The van der Waals surface area contributed by atoms with Gasteiger partial charge in [0.1, 0.15) is 18.3 Å². The summed E-state index contributed by atoms with van der Waals surface area (Å²) in [6.07, 6.45) is 0. The number of carbonyl (C=O) groups excluding carboxylic acids is 1. The van der Waals surface area contributed by atoms with Crippen LogP contribution in [0.15, 0.2) is 24.3 Å². The third kappa shape index (κ3) is 2.19. The van der Waals surface area contributed by atoms with Crippen LogP contribution >= 0.6 is 0 Å². The molecular formula is C14H18N2O3. The van der Waals surface area contributed by atoms with E-state index in [1.165, 1.54) is 0 Å². The monoisotopic (exact) mass is 262 g/mol. The van der Waals surface area contributed by atoms with Crippen molar-refractivity contribution >= 4 is 5.91 Å². The van der Waals surface area contributed by atoms with Crippen molar-refractivity contribution in [1.29, 1.82) is 0 Å². The van der Waals surface area contributed by atoms with Gasteiger partial charge in [-0.15, -0.1) is 0 Å². The van der Waals surface area contributed by atoms with E-state index in [0.717, 1.165) is 11.3 Å². The van der Waals surface area contributed by atoms with Gasteiger partial charge in [0.05, 0.1) is 19.3 Å². The van der Waals surface area contributed by atoms with Crippen molar-refractivity contribution in [2.75, 3.05) is 32.9 Å². The van der Waals surface area contributed by atoms with Crippen LogP contribution in [-0.2, 0) is 9.53 Å². The molecule has 2 unspecified atom stereocenters. The van der Waals surface area contributed by atoms with E-state index >= 15 is 0 Å². The zero-order valence-electron chi connectivity index (χ0n) is 10.7. The van der Waals surface area contributed by atoms with Crippen LogP contribution in [0.4, 0.5) is 0 Å². The Labute approximate surface area is 112 Å². The Morgan fingerprint density at radius 3 is 3.05 bits per heavy atom. The molecule has 0 bridgehead atoms. The van der Waals surface area contributed by atoms with Crippen molar-refractivity contribution < 1.29 is 14.3 Å². The first kappa shape index (κ1) is 12.4. The van der Waals surface area contributed by atoms with Gasteiger partial charge in [-0.1, -0.05) is 18.2 Å². The molecule has 1 aromatic carbocycles. The Morgan fingerprint density at radius 1 is 1.37 bits per heavy atom. The maximum absolute atomic E-state index is 12.7. The number of hydrogen-bond acceptors (Lipinski definition) is 4. The van der Waals surface area contributed by atoms with E-state index in [1.807, 2.05) is 29.2 Å². The Bertz CT molecular complexity index is 478. The fraction of sp³-hybridized carbons (Fsp3) is 0.500. The lowest BCUT2D eigenvalue weighted by Crippen LogP contribution is -2.53. The summed E-state index contributed by atoms with van der Waals surface area (Å²) >= 11 is 0. The highest BCUT2D eigenvalue weighted by Gasteiger charge is 2.36. The van der Waals surface area contributed by atoms with Gasteiger partial charge in [-0.2, -0.15) is 0 Å². The highest BCUT2D eigenvalue weighted by atomic mass is 16.5. The van der Waals surface area contributed by atoms with Crippen LogP contribution in [0.3, 0.4) is 0 Å². The third-order valence-electron chi connectivity index (χ3n) is 3.78. The largest absolute Gasteiger partial charge is 0.492 e. The molecule has 2 aliphatic rings. The second-order valence-electron chi connectivity index (χ2n) is 4.90. The van der Waals surface area contributed by atoms with Crippen LogP contribution < -0.4 is 10.5 Å². The summed E-state index contributed by atoms with van der Waals surface area (Å²) in [6, 6.07) is 7.70. The Balaban J connectivity index is 1.81. The predicted octanol–water partition coefficient (Wildman–Crippen LogP) is 0.349. The van der Waals surface area contributed by atoms with Crippen LogP contribution in [0.1, 0.15) is 11.5 Å². The van der Waals surface area contributed by atoms with Crippen LogP contribution in [-0.4, -0.2) is 49.8 Å². The van der Waals surface area contributed by atoms with Gasteiger partial charge in [-0.3, -0.25) is 4.79 Å². The van der Waals surface area contributed by atoms with Gasteiger partial charge in [-0.25, -0.2) is 0 Å². The summed E-state index contributed by atoms with van der Waals surface area (Å²) in [5.41, 5.74) is 6.70. The fourth-order valence-corrected chi connectivity index (χ4v) is 2.71. The summed E-state index contributed by atoms with van der Waals surface area (Å²) in [7, 11) is 0. The van der Waals surface area contributed by atoms with Crippen molar-refractivity contribution in [3.63, 3.8) is 0 Å². The van der Waals surface area contributed by atoms with Gasteiger partial charge in [-0.05, 0) is 6.07 Å². The third-order valence-corrected chi connectivity index (χ3v) is 3.78. The van der Waals surface area contributed by atoms with Crippen molar-refractivity contribution in [3.05, 3.63) is 29.8 Å². The van der Waals surface area contributed by atoms with Gasteiger partial charge < -0.3 is 20.1 Å². The molecule has 2 atom stereocenters. The molecule has 0 aliphatic carbocycles. The minimum atomic E-state index is -0.205. The molecule has 2 N–H and O–H groups in total. The maximum atomic E-state index is 12.7. The number of morpholine rings is 1. The number of fused-ring (bicyclic) bond motifs is 1. The molecule has 0 saturated carbocycles. The highest BCUT2D eigenvalue weighted by molar-refractivity contribution is 5.86. The SMILES string of the molecule is NCC1COCCN1C(=O)C1COc2ccccc21. The van der Waals surface area contributed by atoms with E-state index in [1.54, 1.807) is 0 Å². The van der Waals surface area contributed by atoms with Gasteiger partial charge >= 0.3 is 0 Å². The van der Waals surface area contributed by atoms with Crippen LogP contribution in [0.5, 0.6) is 5.75 Å². The molecule has 1 aromatic rings. The number of ether oxygens (including phenoxy) is 2. The lowest BCUT2D eigenvalue weighted by Gasteiger charge is -2.36. The average molecular weight is 262 g/mol. The normalized spacial score (nSPS) is 25.8. The van der Waals surface area contributed by atoms with Gasteiger partial charge in [0.2, 0.25) is 5.91 Å². The number of nitrogens with two attached hydrogens (primary N) is 1. The summed E-state index contributed by atoms with van der Waals surface area (Å²) in [4.78, 5) is 14.5. The molecule has 1 amide bonds. The first-order chi connectivity index (χ1) is 9.31. The van der Waals surface area contributed by atoms with Crippen LogP contribution in [0, 0.1) is 0 Å². The molecule has 2 heterocycles. The van der Waals surface area contributed by atoms with E-state index in [4.69, 9.17) is 15.2 Å². The van der Waals surface area contributed by atoms with Gasteiger partial charge in [0.15, 0.2) is 0 Å². The number of amides is 1. The lowest BCUT2D eigenvalue weighted by molar-refractivity contribution is -0.141. The number of carbonyl (C=O) groups is 1. The first-order valence-electron chi connectivity index (χ1n) is 6.61. The standard InChI is InChI=1S/C14H18N2O3/c15-7-10-8-18-6-5-16(10)14(17)12-9-19-13-4-2-1-3-11(12)13/h1-4,10,12H,5-9,15H2. The van der Waals surface area contributed by atoms with Crippen molar-refractivity contribution in [3.8, 4) is 5.75 Å². The summed E-state index contributed by atoms with van der Waals surface area (Å²) in [6.45, 7) is 2.57. The molecule has 1 saturated heterocycles. The average Bonchev–Trinajstić information content (AvgIpc) is 2.90. The number of benzene rings is 1. The quantitative estimate of drug-likeness (QED) is 0.835. The molecule has 2 aliphatic heterocycles. The zero-order valence-corrected chi connectivity index (χ0v) is 10.7. The summed E-state index contributed by atoms with van der Waals surface area (Å²) in [5.74, 6) is 0.713. The Hall–Kier alpha value is -1.59. The maximum Gasteiger partial charge on any atom is 0.234 e. The minimum Gasteiger partial charge on any atom is -0.492 e. The van der Waals surface area contributed by atoms with Crippen molar-refractivity contribution in [1.82, 2.24) is 4.90 Å². The van der Waals surface area contributed by atoms with E-state index in [9.17, 15) is 4.79 Å². The zero-order chi connectivity index (χ0) is 13.2. The molecule has 5 nitrogen and oxygen atoms in total. The highest BCUT2D eigenvalue weighted by Crippen LogP contribution is 2.35. The number of para-hydroxylation sites is 1. The number of nitrogens with zero attached hydrogens (tertiary/aromatic N) is 1. The van der Waals surface area contributed by atoms with Crippen molar-refractivity contribution in [2.45, 2.75) is 12.0 Å². The molecule has 5 heteroatoms. The molecule has 0 aromatic heterocycles. The minimum absolute atomic E-state index is 0.0194. The Morgan fingerprint density at radius 2 is 2.21 bits per heavy atom. The second kappa shape index (κ2) is 5.19. The van der Waals surface area contributed by atoms with Gasteiger partial charge in [0, 0.05) is 18.7 Å². The van der Waals surface area contributed by atoms with E-state index in [2.05, 4.69) is 0 Å². The molecule has 19 heavy (non-hydrogen) atoms. The lowest BCUT2D eigenvalue weighted by atomic mass is 9.99. The van der Waals surface area contributed by atoms with Gasteiger partial charge in [0.25, 0.3) is 0 Å². The second-order valence-corrected chi connectivity index (χ2v) is 4.90. The molecule has 3 rings (SSSR count). The number of hydrogen-bond donors (Lipinski definition) is 1. The first-order valence-corrected chi connectivity index (χ1v) is 6.61.